The molecule has 0 bridgehead atoms. The summed E-state index contributed by atoms with van der Waals surface area (Å²) in [5.74, 6) is -0.149. The minimum atomic E-state index is -0.432. The van der Waals surface area contributed by atoms with Crippen LogP contribution in [0.3, 0.4) is 0 Å². The van der Waals surface area contributed by atoms with Crippen molar-refractivity contribution in [2.45, 2.75) is 32.9 Å². The first-order valence-corrected chi connectivity index (χ1v) is 6.65. The Balaban J connectivity index is 2.34. The molecule has 0 saturated carbocycles. The second-order valence-corrected chi connectivity index (χ2v) is 4.68. The number of nitrogens with one attached hydrogen (secondary N) is 1. The number of nitrogens with zero attached hydrogens (tertiary/aromatic N) is 1. The van der Waals surface area contributed by atoms with Gasteiger partial charge in [-0.25, -0.2) is 4.79 Å². The Hall–Kier alpha value is -1.33. The van der Waals surface area contributed by atoms with Gasteiger partial charge in [0.2, 0.25) is 5.76 Å². The number of hydrogen-bond donors (Lipinski definition) is 1. The van der Waals surface area contributed by atoms with Crippen molar-refractivity contribution in [3.8, 4) is 0 Å². The number of hydrogen-bond acceptors (Lipinski definition) is 5. The molecule has 0 spiro atoms. The van der Waals surface area contributed by atoms with Crippen LogP contribution in [0.25, 0.3) is 0 Å². The molecule has 19 heavy (non-hydrogen) atoms. The third-order valence-corrected chi connectivity index (χ3v) is 3.42. The topological polar surface area (TPSA) is 54.7 Å². The van der Waals surface area contributed by atoms with E-state index in [2.05, 4.69) is 35.8 Å². The van der Waals surface area contributed by atoms with Crippen LogP contribution in [-0.4, -0.2) is 44.2 Å². The molecular formula is C14H24N2O3. The van der Waals surface area contributed by atoms with Gasteiger partial charge >= 0.3 is 5.97 Å². The van der Waals surface area contributed by atoms with E-state index in [1.54, 1.807) is 6.07 Å². The summed E-state index contributed by atoms with van der Waals surface area (Å²) in [4.78, 5) is 13.7. The Kier molecular flexibility index (Phi) is 6.59. The molecule has 0 amide bonds. The molecule has 1 unspecified atom stereocenters. The first-order valence-electron chi connectivity index (χ1n) is 6.65. The van der Waals surface area contributed by atoms with Crippen molar-refractivity contribution in [1.29, 1.82) is 0 Å². The van der Waals surface area contributed by atoms with E-state index in [4.69, 9.17) is 4.42 Å². The van der Waals surface area contributed by atoms with Crippen LogP contribution < -0.4 is 5.32 Å². The lowest BCUT2D eigenvalue weighted by Crippen LogP contribution is -2.34. The number of esters is 1. The van der Waals surface area contributed by atoms with Crippen LogP contribution in [-0.2, 0) is 11.3 Å². The van der Waals surface area contributed by atoms with Gasteiger partial charge in [-0.2, -0.15) is 0 Å². The Labute approximate surface area is 114 Å². The monoisotopic (exact) mass is 268 g/mol. The highest BCUT2D eigenvalue weighted by Gasteiger charge is 2.15. The zero-order valence-corrected chi connectivity index (χ0v) is 12.2. The quantitative estimate of drug-likeness (QED) is 0.576. The van der Waals surface area contributed by atoms with E-state index in [0.29, 0.717) is 12.6 Å². The van der Waals surface area contributed by atoms with E-state index in [1.165, 1.54) is 13.4 Å². The smallest absolute Gasteiger partial charge is 0.374 e. The highest BCUT2D eigenvalue weighted by Crippen LogP contribution is 2.11. The van der Waals surface area contributed by atoms with Crippen LogP contribution in [0.5, 0.6) is 0 Å². The highest BCUT2D eigenvalue weighted by molar-refractivity contribution is 5.87. The number of carbonyl (C=O) groups is 1. The fraction of sp³-hybridized carbons (Fsp3) is 0.643. The lowest BCUT2D eigenvalue weighted by atomic mass is 10.2. The van der Waals surface area contributed by atoms with E-state index in [0.717, 1.165) is 25.1 Å². The maximum atomic E-state index is 11.4. The minimum absolute atomic E-state index is 0.283. The minimum Gasteiger partial charge on any atom is -0.463 e. The van der Waals surface area contributed by atoms with E-state index in [9.17, 15) is 4.79 Å². The number of methoxy groups -OCH3 is 1. The maximum absolute atomic E-state index is 11.4. The summed E-state index contributed by atoms with van der Waals surface area (Å²) < 4.78 is 9.78. The summed E-state index contributed by atoms with van der Waals surface area (Å²) in [5, 5.41) is 3.31. The number of ether oxygens (including phenoxy) is 1. The molecule has 1 aromatic heterocycles. The summed E-state index contributed by atoms with van der Waals surface area (Å²) in [7, 11) is 3.47. The largest absolute Gasteiger partial charge is 0.463 e. The predicted molar refractivity (Wildman–Crippen MR) is 74.1 cm³/mol. The molecule has 5 nitrogen and oxygen atoms in total. The first-order chi connectivity index (χ1) is 9.10. The Morgan fingerprint density at radius 1 is 1.58 bits per heavy atom. The predicted octanol–water partition coefficient (Wildman–Crippen LogP) is 1.89. The van der Waals surface area contributed by atoms with Gasteiger partial charge in [-0.1, -0.05) is 6.92 Å². The molecule has 1 aromatic rings. The van der Waals surface area contributed by atoms with Crippen molar-refractivity contribution in [3.05, 3.63) is 23.7 Å². The normalized spacial score (nSPS) is 12.7. The van der Waals surface area contributed by atoms with Crippen LogP contribution in [0.2, 0.25) is 0 Å². The van der Waals surface area contributed by atoms with Gasteiger partial charge in [-0.15, -0.1) is 0 Å². The van der Waals surface area contributed by atoms with Crippen molar-refractivity contribution < 1.29 is 13.9 Å². The molecule has 0 fully saturated rings. The fourth-order valence-corrected chi connectivity index (χ4v) is 1.76. The van der Waals surface area contributed by atoms with Gasteiger partial charge in [-0.05, 0) is 26.5 Å². The summed E-state index contributed by atoms with van der Waals surface area (Å²) in [6.07, 6.45) is 2.65. The number of likely N-dealkylation sites (N-methyl/N-ethyl adjacent to an activating group) is 1. The van der Waals surface area contributed by atoms with Crippen molar-refractivity contribution in [2.75, 3.05) is 27.2 Å². The van der Waals surface area contributed by atoms with Crippen molar-refractivity contribution in [1.82, 2.24) is 10.2 Å². The second-order valence-electron chi connectivity index (χ2n) is 4.68. The van der Waals surface area contributed by atoms with Crippen LogP contribution >= 0.6 is 0 Å². The van der Waals surface area contributed by atoms with Gasteiger partial charge < -0.3 is 19.4 Å². The summed E-state index contributed by atoms with van der Waals surface area (Å²) in [6, 6.07) is 2.37. The van der Waals surface area contributed by atoms with Gasteiger partial charge in [0.05, 0.1) is 13.4 Å². The average Bonchev–Trinajstić information content (AvgIpc) is 2.89. The number of furan rings is 1. The summed E-state index contributed by atoms with van der Waals surface area (Å²) >= 11 is 0. The third kappa shape index (κ3) is 4.69. The van der Waals surface area contributed by atoms with E-state index < -0.39 is 5.97 Å². The first kappa shape index (κ1) is 15.7. The average molecular weight is 268 g/mol. The molecule has 5 heteroatoms. The molecule has 1 atom stereocenters. The SMILES string of the molecule is CCC(C)N(C)CCNCc1ccoc1C(=O)OC. The Bertz CT molecular complexity index is 390. The van der Waals surface area contributed by atoms with Crippen LogP contribution in [0, 0.1) is 0 Å². The van der Waals surface area contributed by atoms with Crippen LogP contribution in [0.4, 0.5) is 0 Å². The molecule has 1 N–H and O–H groups in total. The number of carbonyl (C=O) groups excluding carboxylic acids is 1. The summed E-state index contributed by atoms with van der Waals surface area (Å²) in [5.41, 5.74) is 0.832. The van der Waals surface area contributed by atoms with Crippen LogP contribution in [0.15, 0.2) is 16.7 Å². The van der Waals surface area contributed by atoms with Gasteiger partial charge in [0.15, 0.2) is 0 Å². The molecule has 1 rings (SSSR count). The molecule has 0 saturated heterocycles. The van der Waals surface area contributed by atoms with Crippen molar-refractivity contribution >= 4 is 5.97 Å². The van der Waals surface area contributed by atoms with Gasteiger partial charge in [0.25, 0.3) is 0 Å². The lowest BCUT2D eigenvalue weighted by molar-refractivity contribution is 0.0563. The third-order valence-electron chi connectivity index (χ3n) is 3.42. The zero-order chi connectivity index (χ0) is 14.3. The second kappa shape index (κ2) is 7.96. The number of rotatable bonds is 8. The standard InChI is InChI=1S/C14H24N2O3/c1-5-11(2)16(3)8-7-15-10-12-6-9-19-13(12)14(17)18-4/h6,9,11,15H,5,7-8,10H2,1-4H3. The molecule has 108 valence electrons. The van der Waals surface area contributed by atoms with E-state index in [-0.39, 0.29) is 5.76 Å². The lowest BCUT2D eigenvalue weighted by Gasteiger charge is -2.23. The van der Waals surface area contributed by atoms with Gasteiger partial charge in [-0.3, -0.25) is 0 Å². The molecule has 0 aliphatic carbocycles. The van der Waals surface area contributed by atoms with E-state index in [1.807, 2.05) is 0 Å². The Morgan fingerprint density at radius 3 is 2.95 bits per heavy atom. The van der Waals surface area contributed by atoms with Crippen LogP contribution in [0.1, 0.15) is 36.4 Å². The molecule has 0 aliphatic rings. The van der Waals surface area contributed by atoms with Crippen molar-refractivity contribution in [2.24, 2.45) is 0 Å². The zero-order valence-electron chi connectivity index (χ0n) is 12.2. The maximum Gasteiger partial charge on any atom is 0.374 e. The van der Waals surface area contributed by atoms with Gasteiger partial charge in [0.1, 0.15) is 0 Å². The fourth-order valence-electron chi connectivity index (χ4n) is 1.76. The molecule has 0 radical (unpaired) electrons. The molecule has 0 aromatic carbocycles. The van der Waals surface area contributed by atoms with Crippen molar-refractivity contribution in [3.63, 3.8) is 0 Å². The summed E-state index contributed by atoms with van der Waals surface area (Å²) in [6.45, 7) is 6.84. The van der Waals surface area contributed by atoms with E-state index >= 15 is 0 Å². The Morgan fingerprint density at radius 2 is 2.32 bits per heavy atom. The molecule has 1 heterocycles. The molecule has 0 aliphatic heterocycles. The molecular weight excluding hydrogens is 244 g/mol. The highest BCUT2D eigenvalue weighted by atomic mass is 16.5. The van der Waals surface area contributed by atoms with Gasteiger partial charge in [0, 0.05) is 31.2 Å².